The molecule has 1 aliphatic rings. The van der Waals surface area contributed by atoms with Crippen LogP contribution in [0.4, 0.5) is 0 Å². The molecule has 1 aromatic heterocycles. The molecule has 1 saturated carbocycles. The molecular weight excluding hydrogens is 220 g/mol. The van der Waals surface area contributed by atoms with Crippen LogP contribution in [-0.4, -0.2) is 12.0 Å². The minimum atomic E-state index is 0.450. The summed E-state index contributed by atoms with van der Waals surface area (Å²) in [5, 5.41) is 6.10. The zero-order valence-electron chi connectivity index (χ0n) is 10.9. The maximum atomic E-state index is 4.41. The van der Waals surface area contributed by atoms with Gasteiger partial charge in [-0.05, 0) is 36.8 Å². The second kappa shape index (κ2) is 5.07. The van der Waals surface area contributed by atoms with Crippen molar-refractivity contribution in [2.75, 3.05) is 7.05 Å². The van der Waals surface area contributed by atoms with Crippen molar-refractivity contribution < 1.29 is 0 Å². The van der Waals surface area contributed by atoms with Crippen LogP contribution in [0.1, 0.15) is 37.3 Å². The normalized spacial score (nSPS) is 18.3. The summed E-state index contributed by atoms with van der Waals surface area (Å²) in [5.41, 5.74) is 1.36. The van der Waals surface area contributed by atoms with E-state index in [0.29, 0.717) is 6.04 Å². The number of rotatable bonds is 3. The molecule has 0 spiro atoms. The van der Waals surface area contributed by atoms with Gasteiger partial charge < -0.3 is 5.32 Å². The van der Waals surface area contributed by atoms with E-state index in [1.807, 2.05) is 12.4 Å². The van der Waals surface area contributed by atoms with E-state index in [-0.39, 0.29) is 0 Å². The van der Waals surface area contributed by atoms with E-state index < -0.39 is 0 Å². The average Bonchev–Trinajstić information content (AvgIpc) is 2.94. The summed E-state index contributed by atoms with van der Waals surface area (Å²) in [5.74, 6) is 0.766. The van der Waals surface area contributed by atoms with Gasteiger partial charge in [-0.3, -0.25) is 4.98 Å². The van der Waals surface area contributed by atoms with Crippen LogP contribution in [-0.2, 0) is 0 Å². The van der Waals surface area contributed by atoms with Crippen LogP contribution in [0.25, 0.3) is 10.8 Å². The molecule has 1 fully saturated rings. The van der Waals surface area contributed by atoms with Crippen LogP contribution >= 0.6 is 0 Å². The van der Waals surface area contributed by atoms with Crippen LogP contribution in [0.5, 0.6) is 0 Å². The topological polar surface area (TPSA) is 24.9 Å². The number of hydrogen-bond donors (Lipinski definition) is 1. The maximum Gasteiger partial charge on any atom is 0.0367 e. The SMILES string of the molecule is CNC(c1cncc2ccccc12)C1CCCC1. The van der Waals surface area contributed by atoms with Gasteiger partial charge in [0.2, 0.25) is 0 Å². The van der Waals surface area contributed by atoms with Crippen molar-refractivity contribution in [3.8, 4) is 0 Å². The van der Waals surface area contributed by atoms with E-state index in [0.717, 1.165) is 5.92 Å². The smallest absolute Gasteiger partial charge is 0.0367 e. The fourth-order valence-electron chi connectivity index (χ4n) is 3.32. The number of nitrogens with zero attached hydrogens (tertiary/aromatic N) is 1. The third kappa shape index (κ3) is 2.01. The second-order valence-electron chi connectivity index (χ2n) is 5.26. The third-order valence-corrected chi connectivity index (χ3v) is 4.22. The van der Waals surface area contributed by atoms with E-state index in [1.165, 1.54) is 42.0 Å². The summed E-state index contributed by atoms with van der Waals surface area (Å²) in [6.07, 6.45) is 9.44. The monoisotopic (exact) mass is 240 g/mol. The third-order valence-electron chi connectivity index (χ3n) is 4.22. The second-order valence-corrected chi connectivity index (χ2v) is 5.26. The fourth-order valence-corrected chi connectivity index (χ4v) is 3.32. The molecule has 18 heavy (non-hydrogen) atoms. The highest BCUT2D eigenvalue weighted by molar-refractivity contribution is 5.85. The number of aromatic nitrogens is 1. The van der Waals surface area contributed by atoms with Crippen LogP contribution < -0.4 is 5.32 Å². The van der Waals surface area contributed by atoms with E-state index in [2.05, 4.69) is 41.6 Å². The van der Waals surface area contributed by atoms with Gasteiger partial charge in [0.15, 0.2) is 0 Å². The van der Waals surface area contributed by atoms with E-state index >= 15 is 0 Å². The van der Waals surface area contributed by atoms with Crippen molar-refractivity contribution in [1.29, 1.82) is 0 Å². The summed E-state index contributed by atoms with van der Waals surface area (Å²) in [6, 6.07) is 9.01. The minimum absolute atomic E-state index is 0.450. The summed E-state index contributed by atoms with van der Waals surface area (Å²) in [7, 11) is 2.07. The van der Waals surface area contributed by atoms with Crippen LogP contribution in [0.2, 0.25) is 0 Å². The lowest BCUT2D eigenvalue weighted by Crippen LogP contribution is -2.24. The van der Waals surface area contributed by atoms with Gasteiger partial charge in [-0.25, -0.2) is 0 Å². The van der Waals surface area contributed by atoms with Gasteiger partial charge in [-0.2, -0.15) is 0 Å². The molecule has 1 atom stereocenters. The van der Waals surface area contributed by atoms with Crippen molar-refractivity contribution in [2.45, 2.75) is 31.7 Å². The Morgan fingerprint density at radius 3 is 2.72 bits per heavy atom. The van der Waals surface area contributed by atoms with Gasteiger partial charge in [0.25, 0.3) is 0 Å². The molecule has 1 aromatic carbocycles. The first kappa shape index (κ1) is 11.7. The summed E-state index contributed by atoms with van der Waals surface area (Å²) >= 11 is 0. The maximum absolute atomic E-state index is 4.41. The number of pyridine rings is 1. The lowest BCUT2D eigenvalue weighted by molar-refractivity contribution is 0.392. The summed E-state index contributed by atoms with van der Waals surface area (Å²) < 4.78 is 0. The summed E-state index contributed by atoms with van der Waals surface area (Å²) in [4.78, 5) is 4.41. The predicted molar refractivity (Wildman–Crippen MR) is 75.5 cm³/mol. The zero-order chi connectivity index (χ0) is 12.4. The van der Waals surface area contributed by atoms with E-state index in [9.17, 15) is 0 Å². The van der Waals surface area contributed by atoms with Crippen LogP contribution in [0.15, 0.2) is 36.7 Å². The highest BCUT2D eigenvalue weighted by atomic mass is 14.9. The molecule has 0 radical (unpaired) electrons. The van der Waals surface area contributed by atoms with Crippen molar-refractivity contribution in [2.24, 2.45) is 5.92 Å². The first-order valence-corrected chi connectivity index (χ1v) is 6.90. The number of benzene rings is 1. The molecule has 0 bridgehead atoms. The average molecular weight is 240 g/mol. The molecule has 3 rings (SSSR count). The van der Waals surface area contributed by atoms with Crippen molar-refractivity contribution >= 4 is 10.8 Å². The van der Waals surface area contributed by atoms with Gasteiger partial charge >= 0.3 is 0 Å². The number of hydrogen-bond acceptors (Lipinski definition) is 2. The molecule has 94 valence electrons. The summed E-state index contributed by atoms with van der Waals surface area (Å²) in [6.45, 7) is 0. The van der Waals surface area contributed by atoms with Crippen LogP contribution in [0, 0.1) is 5.92 Å². The Labute approximate surface area is 108 Å². The quantitative estimate of drug-likeness (QED) is 0.885. The van der Waals surface area contributed by atoms with Gasteiger partial charge in [-0.1, -0.05) is 37.1 Å². The Hall–Kier alpha value is -1.41. The minimum Gasteiger partial charge on any atom is -0.313 e. The Kier molecular flexibility index (Phi) is 3.28. The molecule has 0 amide bonds. The van der Waals surface area contributed by atoms with Crippen molar-refractivity contribution in [3.05, 3.63) is 42.2 Å². The number of fused-ring (bicyclic) bond motifs is 1. The Bertz CT molecular complexity index is 524. The van der Waals surface area contributed by atoms with Crippen LogP contribution in [0.3, 0.4) is 0 Å². The largest absolute Gasteiger partial charge is 0.313 e. The molecule has 1 heterocycles. The van der Waals surface area contributed by atoms with Gasteiger partial charge in [0.05, 0.1) is 0 Å². The molecule has 0 aliphatic heterocycles. The molecule has 2 heteroatoms. The van der Waals surface area contributed by atoms with E-state index in [1.54, 1.807) is 0 Å². The molecule has 2 nitrogen and oxygen atoms in total. The van der Waals surface area contributed by atoms with Gasteiger partial charge in [-0.15, -0.1) is 0 Å². The Balaban J connectivity index is 2.06. The predicted octanol–water partition coefficient (Wildman–Crippen LogP) is 3.69. The first-order chi connectivity index (χ1) is 8.90. The first-order valence-electron chi connectivity index (χ1n) is 6.90. The molecule has 0 saturated heterocycles. The van der Waals surface area contributed by atoms with Gasteiger partial charge in [0, 0.05) is 23.8 Å². The van der Waals surface area contributed by atoms with Gasteiger partial charge in [0.1, 0.15) is 0 Å². The zero-order valence-corrected chi connectivity index (χ0v) is 10.9. The molecule has 1 unspecified atom stereocenters. The lowest BCUT2D eigenvalue weighted by Gasteiger charge is -2.24. The highest BCUT2D eigenvalue weighted by Crippen LogP contribution is 2.37. The highest BCUT2D eigenvalue weighted by Gasteiger charge is 2.26. The Morgan fingerprint density at radius 2 is 1.94 bits per heavy atom. The molecular formula is C16H20N2. The Morgan fingerprint density at radius 1 is 1.17 bits per heavy atom. The molecule has 1 aliphatic carbocycles. The van der Waals surface area contributed by atoms with E-state index in [4.69, 9.17) is 0 Å². The fraction of sp³-hybridized carbons (Fsp3) is 0.438. The van der Waals surface area contributed by atoms with Crippen molar-refractivity contribution in [1.82, 2.24) is 10.3 Å². The molecule has 2 aromatic rings. The molecule has 1 N–H and O–H groups in total. The number of nitrogens with one attached hydrogen (secondary N) is 1. The van der Waals surface area contributed by atoms with Crippen molar-refractivity contribution in [3.63, 3.8) is 0 Å². The standard InChI is InChI=1S/C16H20N2/c1-17-16(12-6-2-3-7-12)15-11-18-10-13-8-4-5-9-14(13)15/h4-5,8-12,16-17H,2-3,6-7H2,1H3. The lowest BCUT2D eigenvalue weighted by atomic mass is 9.90.